The van der Waals surface area contributed by atoms with Crippen molar-refractivity contribution in [1.29, 1.82) is 0 Å². The number of hydrogen-bond acceptors (Lipinski definition) is 4. The van der Waals surface area contributed by atoms with Gasteiger partial charge in [-0.3, -0.25) is 0 Å². The fraction of sp³-hybridized carbons (Fsp3) is 0.455. The van der Waals surface area contributed by atoms with E-state index in [-0.39, 0.29) is 29.7 Å². The van der Waals surface area contributed by atoms with Crippen LogP contribution >= 0.6 is 12.4 Å². The predicted octanol–water partition coefficient (Wildman–Crippen LogP) is 2.27. The highest BCUT2D eigenvalue weighted by Crippen LogP contribution is 2.37. The van der Waals surface area contributed by atoms with Crippen LogP contribution in [0.25, 0.3) is 0 Å². The molecule has 5 heteroatoms. The van der Waals surface area contributed by atoms with E-state index in [2.05, 4.69) is 0 Å². The minimum absolute atomic E-state index is 0. The molecule has 0 unspecified atom stereocenters. The van der Waals surface area contributed by atoms with Crippen LogP contribution in [-0.2, 0) is 0 Å². The number of aromatic hydroxyl groups is 3. The SMILES string of the molecule is CC(C)C[C@H](N)c1c(O)cc(O)cc1O.Cl. The molecule has 0 aromatic heterocycles. The van der Waals surface area contributed by atoms with E-state index in [9.17, 15) is 10.2 Å². The monoisotopic (exact) mass is 247 g/mol. The first-order valence-electron chi connectivity index (χ1n) is 4.92. The van der Waals surface area contributed by atoms with Crippen LogP contribution in [0.5, 0.6) is 17.2 Å². The predicted molar refractivity (Wildman–Crippen MR) is 65.1 cm³/mol. The third-order valence-electron chi connectivity index (χ3n) is 2.22. The summed E-state index contributed by atoms with van der Waals surface area (Å²) in [5, 5.41) is 28.2. The van der Waals surface area contributed by atoms with Gasteiger partial charge in [-0.25, -0.2) is 0 Å². The highest BCUT2D eigenvalue weighted by atomic mass is 35.5. The zero-order chi connectivity index (χ0) is 11.6. The summed E-state index contributed by atoms with van der Waals surface area (Å²) in [4.78, 5) is 0. The number of nitrogens with two attached hydrogens (primary N) is 1. The molecule has 16 heavy (non-hydrogen) atoms. The maximum atomic E-state index is 9.56. The minimum atomic E-state index is -0.425. The maximum absolute atomic E-state index is 9.56. The molecule has 1 atom stereocenters. The number of phenolic OH excluding ortho intramolecular Hbond substituents is 3. The molecule has 92 valence electrons. The van der Waals surface area contributed by atoms with E-state index >= 15 is 0 Å². The van der Waals surface area contributed by atoms with Gasteiger partial charge in [0.1, 0.15) is 17.2 Å². The first kappa shape index (κ1) is 14.9. The van der Waals surface area contributed by atoms with Gasteiger partial charge < -0.3 is 21.1 Å². The number of benzene rings is 1. The van der Waals surface area contributed by atoms with Crippen LogP contribution in [0.3, 0.4) is 0 Å². The number of halogens is 1. The Morgan fingerprint density at radius 2 is 1.56 bits per heavy atom. The van der Waals surface area contributed by atoms with E-state index in [1.54, 1.807) is 0 Å². The lowest BCUT2D eigenvalue weighted by atomic mass is 9.96. The third kappa shape index (κ3) is 3.47. The highest BCUT2D eigenvalue weighted by Gasteiger charge is 2.17. The quantitative estimate of drug-likeness (QED) is 0.660. The number of phenols is 3. The van der Waals surface area contributed by atoms with Gasteiger partial charge in [-0.15, -0.1) is 12.4 Å². The van der Waals surface area contributed by atoms with E-state index in [0.717, 1.165) is 0 Å². The fourth-order valence-corrected chi connectivity index (χ4v) is 1.61. The van der Waals surface area contributed by atoms with Crippen molar-refractivity contribution in [3.63, 3.8) is 0 Å². The number of rotatable bonds is 3. The van der Waals surface area contributed by atoms with E-state index in [1.165, 1.54) is 12.1 Å². The Kier molecular flexibility index (Phi) is 5.41. The Morgan fingerprint density at radius 1 is 1.12 bits per heavy atom. The van der Waals surface area contributed by atoms with Crippen molar-refractivity contribution in [2.24, 2.45) is 11.7 Å². The van der Waals surface area contributed by atoms with Gasteiger partial charge >= 0.3 is 0 Å². The zero-order valence-corrected chi connectivity index (χ0v) is 10.2. The molecule has 1 aromatic rings. The van der Waals surface area contributed by atoms with Crippen molar-refractivity contribution in [2.75, 3.05) is 0 Å². The van der Waals surface area contributed by atoms with Crippen molar-refractivity contribution >= 4 is 12.4 Å². The Hall–Kier alpha value is -1.13. The van der Waals surface area contributed by atoms with Crippen LogP contribution in [0.15, 0.2) is 12.1 Å². The summed E-state index contributed by atoms with van der Waals surface area (Å²) in [5.74, 6) is -0.139. The van der Waals surface area contributed by atoms with Gasteiger partial charge in [0.25, 0.3) is 0 Å². The van der Waals surface area contributed by atoms with E-state index in [1.807, 2.05) is 13.8 Å². The van der Waals surface area contributed by atoms with Crippen molar-refractivity contribution in [3.8, 4) is 17.2 Å². The third-order valence-corrected chi connectivity index (χ3v) is 2.22. The van der Waals surface area contributed by atoms with E-state index in [4.69, 9.17) is 10.8 Å². The molecule has 4 nitrogen and oxygen atoms in total. The molecule has 5 N–H and O–H groups in total. The summed E-state index contributed by atoms with van der Waals surface area (Å²) >= 11 is 0. The topological polar surface area (TPSA) is 86.7 Å². The lowest BCUT2D eigenvalue weighted by Gasteiger charge is -2.17. The second-order valence-electron chi connectivity index (χ2n) is 4.13. The van der Waals surface area contributed by atoms with Crippen molar-refractivity contribution in [2.45, 2.75) is 26.3 Å². The smallest absolute Gasteiger partial charge is 0.127 e. The molecular weight excluding hydrogens is 230 g/mol. The summed E-state index contributed by atoms with van der Waals surface area (Å²) in [7, 11) is 0. The molecule has 0 fully saturated rings. The van der Waals surface area contributed by atoms with Crippen molar-refractivity contribution in [1.82, 2.24) is 0 Å². The minimum Gasteiger partial charge on any atom is -0.508 e. The second-order valence-corrected chi connectivity index (χ2v) is 4.13. The van der Waals surface area contributed by atoms with Gasteiger partial charge in [0, 0.05) is 18.2 Å². The molecule has 0 saturated heterocycles. The van der Waals surface area contributed by atoms with Crippen molar-refractivity contribution < 1.29 is 15.3 Å². The first-order valence-corrected chi connectivity index (χ1v) is 4.92. The average Bonchev–Trinajstić information content (AvgIpc) is 1.99. The zero-order valence-electron chi connectivity index (χ0n) is 9.34. The van der Waals surface area contributed by atoms with Crippen LogP contribution in [0.1, 0.15) is 31.9 Å². The Bertz CT molecular complexity index is 332. The number of hydrogen-bond donors (Lipinski definition) is 4. The average molecular weight is 248 g/mol. The van der Waals surface area contributed by atoms with Crippen LogP contribution in [0.4, 0.5) is 0 Å². The summed E-state index contributed by atoms with van der Waals surface area (Å²) < 4.78 is 0. The van der Waals surface area contributed by atoms with Gasteiger partial charge in [-0.05, 0) is 12.3 Å². The van der Waals surface area contributed by atoms with Gasteiger partial charge in [-0.1, -0.05) is 13.8 Å². The molecule has 0 saturated carbocycles. The molecule has 0 amide bonds. The normalized spacial score (nSPS) is 12.2. The lowest BCUT2D eigenvalue weighted by Crippen LogP contribution is -2.13. The van der Waals surface area contributed by atoms with Crippen LogP contribution in [0.2, 0.25) is 0 Å². The molecule has 0 spiro atoms. The fourth-order valence-electron chi connectivity index (χ4n) is 1.61. The van der Waals surface area contributed by atoms with Crippen molar-refractivity contribution in [3.05, 3.63) is 17.7 Å². The molecule has 0 heterocycles. The Labute approximate surface area is 101 Å². The molecule has 1 aromatic carbocycles. The second kappa shape index (κ2) is 5.82. The van der Waals surface area contributed by atoms with E-state index < -0.39 is 6.04 Å². The molecule has 0 radical (unpaired) electrons. The first-order chi connectivity index (χ1) is 6.91. The van der Waals surface area contributed by atoms with Gasteiger partial charge in [0.05, 0.1) is 5.56 Å². The molecule has 1 rings (SSSR count). The Balaban J connectivity index is 0.00000225. The van der Waals surface area contributed by atoms with Gasteiger partial charge in [0.15, 0.2) is 0 Å². The molecule has 0 aliphatic carbocycles. The summed E-state index contributed by atoms with van der Waals surface area (Å²) in [6.07, 6.45) is 0.659. The molecular formula is C11H18ClNO3. The van der Waals surface area contributed by atoms with Crippen LogP contribution < -0.4 is 5.73 Å². The van der Waals surface area contributed by atoms with Crippen LogP contribution in [0, 0.1) is 5.92 Å². The van der Waals surface area contributed by atoms with Crippen LogP contribution in [-0.4, -0.2) is 15.3 Å². The standard InChI is InChI=1S/C11H17NO3.ClH/c1-6(2)3-8(12)11-9(14)4-7(13)5-10(11)15;/h4-6,8,13-15H,3,12H2,1-2H3;1H/t8-;/m0./s1. The summed E-state index contributed by atoms with van der Waals surface area (Å²) in [5.41, 5.74) is 6.14. The lowest BCUT2D eigenvalue weighted by molar-refractivity contribution is 0.401. The Morgan fingerprint density at radius 3 is 1.94 bits per heavy atom. The molecule has 0 aliphatic heterocycles. The van der Waals surface area contributed by atoms with E-state index in [0.29, 0.717) is 17.9 Å². The molecule has 0 aliphatic rings. The van der Waals surface area contributed by atoms with Gasteiger partial charge in [0.2, 0.25) is 0 Å². The largest absolute Gasteiger partial charge is 0.508 e. The van der Waals surface area contributed by atoms with Gasteiger partial charge in [-0.2, -0.15) is 0 Å². The maximum Gasteiger partial charge on any atom is 0.127 e. The summed E-state index contributed by atoms with van der Waals surface area (Å²) in [6, 6.07) is 1.93. The molecule has 0 bridgehead atoms. The highest BCUT2D eigenvalue weighted by molar-refractivity contribution is 5.85. The summed E-state index contributed by atoms with van der Waals surface area (Å²) in [6.45, 7) is 4.02.